The van der Waals surface area contributed by atoms with Gasteiger partial charge in [0.2, 0.25) is 0 Å². The quantitative estimate of drug-likeness (QED) is 0.910. The minimum Gasteiger partial charge on any atom is -0.481 e. The maximum absolute atomic E-state index is 11.3. The maximum atomic E-state index is 11.3. The lowest BCUT2D eigenvalue weighted by atomic mass is 9.89. The fraction of sp³-hybridized carbons (Fsp3) is 0.429. The molecule has 5 heteroatoms. The Bertz CT molecular complexity index is 581. The van der Waals surface area contributed by atoms with Crippen LogP contribution in [0.3, 0.4) is 0 Å². The van der Waals surface area contributed by atoms with E-state index in [9.17, 15) is 9.90 Å². The lowest BCUT2D eigenvalue weighted by molar-refractivity contribution is -0.142. The average molecular weight is 321 g/mol. The van der Waals surface area contributed by atoms with Gasteiger partial charge in [-0.2, -0.15) is 5.26 Å². The fourth-order valence-electron chi connectivity index (χ4n) is 3.41. The van der Waals surface area contributed by atoms with Gasteiger partial charge < -0.3 is 10.0 Å². The molecule has 2 aliphatic rings. The van der Waals surface area contributed by atoms with E-state index in [1.807, 2.05) is 12.1 Å². The molecule has 0 radical (unpaired) electrons. The lowest BCUT2D eigenvalue weighted by Gasteiger charge is -2.25. The molecule has 4 nitrogen and oxygen atoms in total. The van der Waals surface area contributed by atoms with Gasteiger partial charge in [0.15, 0.2) is 0 Å². The summed E-state index contributed by atoms with van der Waals surface area (Å²) in [6.45, 7) is 0. The smallest absolute Gasteiger partial charge is 0.308 e. The molecule has 1 N–H and O–H groups in total. The molecule has 2 bridgehead atoms. The van der Waals surface area contributed by atoms with Crippen LogP contribution in [-0.4, -0.2) is 23.2 Å². The summed E-state index contributed by atoms with van der Waals surface area (Å²) in [5.74, 6) is -0.946. The van der Waals surface area contributed by atoms with Crippen molar-refractivity contribution in [2.45, 2.75) is 31.3 Å². The molecule has 2 saturated heterocycles. The number of aliphatic carboxylic acids is 1. The minimum atomic E-state index is -0.690. The van der Waals surface area contributed by atoms with Crippen LogP contribution in [0.4, 0.5) is 5.69 Å². The summed E-state index contributed by atoms with van der Waals surface area (Å²) >= 11 is 3.39. The number of fused-ring (bicyclic) bond motifs is 2. The minimum absolute atomic E-state index is 0.0994. The molecule has 0 amide bonds. The molecule has 0 saturated carbocycles. The first kappa shape index (κ1) is 12.5. The molecule has 2 heterocycles. The largest absolute Gasteiger partial charge is 0.481 e. The van der Waals surface area contributed by atoms with Gasteiger partial charge >= 0.3 is 5.97 Å². The highest BCUT2D eigenvalue weighted by Gasteiger charge is 2.49. The number of anilines is 1. The Morgan fingerprint density at radius 3 is 2.84 bits per heavy atom. The Balaban J connectivity index is 1.94. The number of hydrogen-bond acceptors (Lipinski definition) is 3. The van der Waals surface area contributed by atoms with E-state index < -0.39 is 5.97 Å². The van der Waals surface area contributed by atoms with Crippen molar-refractivity contribution in [1.29, 1.82) is 5.26 Å². The Morgan fingerprint density at radius 1 is 1.47 bits per heavy atom. The summed E-state index contributed by atoms with van der Waals surface area (Å²) in [5.41, 5.74) is 1.62. The van der Waals surface area contributed by atoms with E-state index in [2.05, 4.69) is 26.9 Å². The Kier molecular flexibility index (Phi) is 2.98. The second kappa shape index (κ2) is 4.53. The molecular weight excluding hydrogens is 308 g/mol. The number of nitrogens with zero attached hydrogens (tertiary/aromatic N) is 2. The van der Waals surface area contributed by atoms with Crippen LogP contribution in [-0.2, 0) is 4.79 Å². The van der Waals surface area contributed by atoms with Crippen LogP contribution in [0, 0.1) is 17.2 Å². The average Bonchev–Trinajstić information content (AvgIpc) is 2.96. The molecule has 1 aromatic carbocycles. The Labute approximate surface area is 119 Å². The van der Waals surface area contributed by atoms with Crippen LogP contribution in [0.25, 0.3) is 0 Å². The van der Waals surface area contributed by atoms with Gasteiger partial charge in [-0.25, -0.2) is 0 Å². The van der Waals surface area contributed by atoms with Crippen LogP contribution in [0.5, 0.6) is 0 Å². The molecule has 3 rings (SSSR count). The van der Waals surface area contributed by atoms with Crippen molar-refractivity contribution in [3.05, 3.63) is 28.2 Å². The van der Waals surface area contributed by atoms with Crippen molar-refractivity contribution in [2.75, 3.05) is 4.90 Å². The number of nitriles is 1. The second-order valence-electron chi connectivity index (χ2n) is 5.16. The highest BCUT2D eigenvalue weighted by Crippen LogP contribution is 2.45. The summed E-state index contributed by atoms with van der Waals surface area (Å²) in [6.07, 6.45) is 2.74. The number of rotatable bonds is 2. The van der Waals surface area contributed by atoms with Gasteiger partial charge in [0, 0.05) is 22.2 Å². The molecule has 0 spiro atoms. The zero-order valence-electron chi connectivity index (χ0n) is 10.2. The Morgan fingerprint density at radius 2 is 2.26 bits per heavy atom. The molecule has 0 aliphatic carbocycles. The summed E-state index contributed by atoms with van der Waals surface area (Å²) in [7, 11) is 0. The van der Waals surface area contributed by atoms with Gasteiger partial charge in [0.25, 0.3) is 0 Å². The van der Waals surface area contributed by atoms with Crippen LogP contribution in [0.15, 0.2) is 22.7 Å². The van der Waals surface area contributed by atoms with Crippen molar-refractivity contribution in [3.8, 4) is 6.07 Å². The first-order valence-corrected chi connectivity index (χ1v) is 7.12. The number of carboxylic acids is 1. The SMILES string of the molecule is N#Cc1ccc(N2C3CCC2C(C(=O)O)C3)cc1Br. The van der Waals surface area contributed by atoms with Gasteiger partial charge in [-0.3, -0.25) is 4.79 Å². The fourth-order valence-corrected chi connectivity index (χ4v) is 3.87. The first-order chi connectivity index (χ1) is 9.11. The standard InChI is InChI=1S/C14H13BrN2O2/c15-12-6-10(2-1-8(12)7-16)17-9-3-4-13(17)11(5-9)14(18)19/h1-2,6,9,11,13H,3-5H2,(H,18,19). The summed E-state index contributed by atoms with van der Waals surface area (Å²) in [6, 6.07) is 8.17. The molecule has 2 aliphatic heterocycles. The van der Waals surface area contributed by atoms with E-state index in [-0.39, 0.29) is 12.0 Å². The molecule has 0 aromatic heterocycles. The molecule has 1 aromatic rings. The normalized spacial score (nSPS) is 28.4. The van der Waals surface area contributed by atoms with Crippen molar-refractivity contribution >= 4 is 27.6 Å². The summed E-state index contributed by atoms with van der Waals surface area (Å²) in [4.78, 5) is 13.5. The number of carbonyl (C=O) groups is 1. The molecule has 98 valence electrons. The van der Waals surface area contributed by atoms with Crippen molar-refractivity contribution < 1.29 is 9.90 Å². The lowest BCUT2D eigenvalue weighted by Crippen LogP contribution is -2.32. The predicted octanol–water partition coefficient (Wildman–Crippen LogP) is 2.76. The topological polar surface area (TPSA) is 64.3 Å². The van der Waals surface area contributed by atoms with E-state index >= 15 is 0 Å². The van der Waals surface area contributed by atoms with E-state index in [1.165, 1.54) is 0 Å². The first-order valence-electron chi connectivity index (χ1n) is 6.32. The molecule has 2 fully saturated rings. The second-order valence-corrected chi connectivity index (χ2v) is 6.02. The van der Waals surface area contributed by atoms with Crippen LogP contribution >= 0.6 is 15.9 Å². The van der Waals surface area contributed by atoms with E-state index in [4.69, 9.17) is 5.26 Å². The molecular formula is C14H13BrN2O2. The number of benzene rings is 1. The number of halogens is 1. The predicted molar refractivity (Wildman–Crippen MR) is 73.9 cm³/mol. The van der Waals surface area contributed by atoms with Gasteiger partial charge in [0.1, 0.15) is 6.07 Å². The zero-order chi connectivity index (χ0) is 13.6. The molecule has 19 heavy (non-hydrogen) atoms. The summed E-state index contributed by atoms with van der Waals surface area (Å²) in [5, 5.41) is 18.2. The van der Waals surface area contributed by atoms with E-state index in [1.54, 1.807) is 6.07 Å². The Hall–Kier alpha value is -1.54. The highest BCUT2D eigenvalue weighted by molar-refractivity contribution is 9.10. The van der Waals surface area contributed by atoms with Crippen LogP contribution in [0.2, 0.25) is 0 Å². The third-order valence-corrected chi connectivity index (χ3v) is 4.88. The van der Waals surface area contributed by atoms with Gasteiger partial charge in [-0.15, -0.1) is 0 Å². The van der Waals surface area contributed by atoms with Crippen molar-refractivity contribution in [2.24, 2.45) is 5.92 Å². The third-order valence-electron chi connectivity index (χ3n) is 4.23. The molecule has 3 unspecified atom stereocenters. The number of carboxylic acid groups (broad SMARTS) is 1. The third kappa shape index (κ3) is 1.91. The van der Waals surface area contributed by atoms with Crippen LogP contribution in [0.1, 0.15) is 24.8 Å². The van der Waals surface area contributed by atoms with Crippen LogP contribution < -0.4 is 4.90 Å². The van der Waals surface area contributed by atoms with Crippen molar-refractivity contribution in [1.82, 2.24) is 0 Å². The highest BCUT2D eigenvalue weighted by atomic mass is 79.9. The zero-order valence-corrected chi connectivity index (χ0v) is 11.8. The van der Waals surface area contributed by atoms with E-state index in [0.29, 0.717) is 11.6 Å². The van der Waals surface area contributed by atoms with Gasteiger partial charge in [-0.05, 0) is 53.4 Å². The maximum Gasteiger partial charge on any atom is 0.308 e. The monoisotopic (exact) mass is 320 g/mol. The van der Waals surface area contributed by atoms with E-state index in [0.717, 1.165) is 29.4 Å². The van der Waals surface area contributed by atoms with Gasteiger partial charge in [-0.1, -0.05) is 0 Å². The summed E-state index contributed by atoms with van der Waals surface area (Å²) < 4.78 is 0.769. The van der Waals surface area contributed by atoms with Crippen molar-refractivity contribution in [3.63, 3.8) is 0 Å². The molecule has 3 atom stereocenters. The van der Waals surface area contributed by atoms with Gasteiger partial charge in [0.05, 0.1) is 11.5 Å². The number of hydrogen-bond donors (Lipinski definition) is 1.